The fourth-order valence-electron chi connectivity index (χ4n) is 1.48. The fraction of sp³-hybridized carbons (Fsp3) is 1.00. The highest BCUT2D eigenvalue weighted by atomic mass is 32.2. The van der Waals surface area contributed by atoms with Crippen LogP contribution in [0.15, 0.2) is 0 Å². The summed E-state index contributed by atoms with van der Waals surface area (Å²) in [6.45, 7) is 3.57. The Morgan fingerprint density at radius 3 is 2.77 bits per heavy atom. The summed E-state index contributed by atoms with van der Waals surface area (Å²) in [4.78, 5) is 2.50. The van der Waals surface area contributed by atoms with E-state index < -0.39 is 0 Å². The molecule has 1 rings (SSSR count). The molecule has 0 aromatic heterocycles. The van der Waals surface area contributed by atoms with Crippen molar-refractivity contribution in [3.8, 4) is 0 Å². The molecule has 1 fully saturated rings. The molecular formula is C9H20N2S2. The zero-order valence-corrected chi connectivity index (χ0v) is 10.0. The Morgan fingerprint density at radius 2 is 2.15 bits per heavy atom. The van der Waals surface area contributed by atoms with E-state index in [1.54, 1.807) is 0 Å². The molecule has 0 amide bonds. The summed E-state index contributed by atoms with van der Waals surface area (Å²) in [5.74, 6) is 3.77. The van der Waals surface area contributed by atoms with Crippen molar-refractivity contribution in [3.05, 3.63) is 0 Å². The number of nitrogens with zero attached hydrogens (tertiary/aromatic N) is 1. The lowest BCUT2D eigenvalue weighted by atomic mass is 10.2. The molecule has 2 N–H and O–H groups in total. The topological polar surface area (TPSA) is 29.3 Å². The minimum absolute atomic E-state index is 0.385. The molecule has 1 aliphatic rings. The van der Waals surface area contributed by atoms with Crippen LogP contribution in [-0.2, 0) is 0 Å². The molecule has 1 heterocycles. The van der Waals surface area contributed by atoms with Crippen LogP contribution in [0.1, 0.15) is 6.42 Å². The molecule has 0 radical (unpaired) electrons. The smallest absolute Gasteiger partial charge is 0.0175 e. The predicted octanol–water partition coefficient (Wildman–Crippen LogP) is 1.12. The van der Waals surface area contributed by atoms with Crippen molar-refractivity contribution in [1.82, 2.24) is 4.90 Å². The van der Waals surface area contributed by atoms with Gasteiger partial charge >= 0.3 is 0 Å². The van der Waals surface area contributed by atoms with E-state index in [1.807, 2.05) is 11.8 Å². The Kier molecular flexibility index (Phi) is 6.28. The summed E-state index contributed by atoms with van der Waals surface area (Å²) < 4.78 is 0. The SMILES string of the molecule is CSCC[C@H](N)CN1CCSCC1. The van der Waals surface area contributed by atoms with E-state index in [-0.39, 0.29) is 0 Å². The van der Waals surface area contributed by atoms with Crippen LogP contribution in [0.2, 0.25) is 0 Å². The molecule has 1 aliphatic heterocycles. The van der Waals surface area contributed by atoms with Crippen LogP contribution in [0.3, 0.4) is 0 Å². The number of nitrogens with two attached hydrogens (primary N) is 1. The number of rotatable bonds is 5. The van der Waals surface area contributed by atoms with Crippen LogP contribution in [-0.4, -0.2) is 54.1 Å². The Balaban J connectivity index is 2.07. The van der Waals surface area contributed by atoms with Gasteiger partial charge in [0.15, 0.2) is 0 Å². The van der Waals surface area contributed by atoms with Crippen LogP contribution in [0.25, 0.3) is 0 Å². The monoisotopic (exact) mass is 220 g/mol. The highest BCUT2D eigenvalue weighted by molar-refractivity contribution is 7.99. The third-order valence-electron chi connectivity index (χ3n) is 2.29. The largest absolute Gasteiger partial charge is 0.327 e. The molecule has 0 bridgehead atoms. The minimum atomic E-state index is 0.385. The Hall–Kier alpha value is 0.620. The van der Waals surface area contributed by atoms with E-state index >= 15 is 0 Å². The molecule has 4 heteroatoms. The maximum atomic E-state index is 6.03. The van der Waals surface area contributed by atoms with Gasteiger partial charge in [0.2, 0.25) is 0 Å². The van der Waals surface area contributed by atoms with E-state index in [9.17, 15) is 0 Å². The Labute approximate surface area is 90.0 Å². The van der Waals surface area contributed by atoms with Gasteiger partial charge in [-0.3, -0.25) is 0 Å². The summed E-state index contributed by atoms with van der Waals surface area (Å²) in [5.41, 5.74) is 6.03. The van der Waals surface area contributed by atoms with Crippen LogP contribution in [0.5, 0.6) is 0 Å². The summed E-state index contributed by atoms with van der Waals surface area (Å²) in [5, 5.41) is 0. The molecular weight excluding hydrogens is 200 g/mol. The first-order valence-corrected chi connectivity index (χ1v) is 7.42. The van der Waals surface area contributed by atoms with Crippen LogP contribution in [0.4, 0.5) is 0 Å². The average molecular weight is 220 g/mol. The van der Waals surface area contributed by atoms with Crippen molar-refractivity contribution in [2.45, 2.75) is 12.5 Å². The van der Waals surface area contributed by atoms with Gasteiger partial charge in [-0.25, -0.2) is 0 Å². The first kappa shape index (κ1) is 11.7. The van der Waals surface area contributed by atoms with Gasteiger partial charge in [-0.15, -0.1) is 0 Å². The van der Waals surface area contributed by atoms with Crippen molar-refractivity contribution in [1.29, 1.82) is 0 Å². The second-order valence-corrected chi connectivity index (χ2v) is 5.66. The minimum Gasteiger partial charge on any atom is -0.327 e. The van der Waals surface area contributed by atoms with Crippen molar-refractivity contribution < 1.29 is 0 Å². The van der Waals surface area contributed by atoms with Gasteiger partial charge in [0, 0.05) is 37.2 Å². The van der Waals surface area contributed by atoms with E-state index in [0.29, 0.717) is 6.04 Å². The highest BCUT2D eigenvalue weighted by Crippen LogP contribution is 2.10. The molecule has 0 aromatic rings. The van der Waals surface area contributed by atoms with Crippen LogP contribution < -0.4 is 5.73 Å². The summed E-state index contributed by atoms with van der Waals surface area (Å²) in [6, 6.07) is 0.385. The van der Waals surface area contributed by atoms with Gasteiger partial charge in [-0.05, 0) is 18.4 Å². The van der Waals surface area contributed by atoms with Crippen molar-refractivity contribution in [2.24, 2.45) is 5.73 Å². The van der Waals surface area contributed by atoms with Crippen molar-refractivity contribution in [2.75, 3.05) is 43.1 Å². The lowest BCUT2D eigenvalue weighted by molar-refractivity contribution is 0.280. The van der Waals surface area contributed by atoms with Crippen LogP contribution >= 0.6 is 23.5 Å². The number of hydrogen-bond donors (Lipinski definition) is 1. The van der Waals surface area contributed by atoms with Crippen molar-refractivity contribution in [3.63, 3.8) is 0 Å². The Bertz CT molecular complexity index is 127. The van der Waals surface area contributed by atoms with Gasteiger partial charge in [-0.2, -0.15) is 23.5 Å². The summed E-state index contributed by atoms with van der Waals surface area (Å²) in [6.07, 6.45) is 3.30. The molecule has 0 saturated carbocycles. The third kappa shape index (κ3) is 5.15. The zero-order valence-electron chi connectivity index (χ0n) is 8.37. The maximum absolute atomic E-state index is 6.03. The van der Waals surface area contributed by atoms with Crippen LogP contribution in [0, 0.1) is 0 Å². The third-order valence-corrected chi connectivity index (χ3v) is 3.88. The highest BCUT2D eigenvalue weighted by Gasteiger charge is 2.13. The molecule has 78 valence electrons. The van der Waals surface area contributed by atoms with E-state index in [0.717, 1.165) is 13.0 Å². The molecule has 1 atom stereocenters. The quantitative estimate of drug-likeness (QED) is 0.752. The maximum Gasteiger partial charge on any atom is 0.0175 e. The summed E-state index contributed by atoms with van der Waals surface area (Å²) in [7, 11) is 0. The molecule has 0 aliphatic carbocycles. The number of hydrogen-bond acceptors (Lipinski definition) is 4. The van der Waals surface area contributed by atoms with Gasteiger partial charge < -0.3 is 10.6 Å². The average Bonchev–Trinajstić information content (AvgIpc) is 2.16. The molecule has 0 aromatic carbocycles. The van der Waals surface area contributed by atoms with Crippen molar-refractivity contribution >= 4 is 23.5 Å². The fourth-order valence-corrected chi connectivity index (χ4v) is 2.99. The second-order valence-electron chi connectivity index (χ2n) is 3.45. The van der Waals surface area contributed by atoms with E-state index in [1.165, 1.54) is 30.3 Å². The zero-order chi connectivity index (χ0) is 9.52. The standard InChI is InChI=1S/C9H20N2S2/c1-12-5-2-9(10)8-11-3-6-13-7-4-11/h9H,2-8,10H2,1H3/t9-/m0/s1. The first-order chi connectivity index (χ1) is 6.33. The number of thioether (sulfide) groups is 2. The molecule has 0 unspecified atom stereocenters. The molecule has 13 heavy (non-hydrogen) atoms. The van der Waals surface area contributed by atoms with Gasteiger partial charge in [0.05, 0.1) is 0 Å². The first-order valence-electron chi connectivity index (χ1n) is 4.87. The van der Waals surface area contributed by atoms with Gasteiger partial charge in [0.1, 0.15) is 0 Å². The van der Waals surface area contributed by atoms with E-state index in [2.05, 4.69) is 22.9 Å². The lowest BCUT2D eigenvalue weighted by Crippen LogP contribution is -2.42. The molecule has 0 spiro atoms. The normalized spacial score (nSPS) is 21.7. The predicted molar refractivity (Wildman–Crippen MR) is 64.7 cm³/mol. The Morgan fingerprint density at radius 1 is 1.46 bits per heavy atom. The summed E-state index contributed by atoms with van der Waals surface area (Å²) >= 11 is 3.95. The second kappa shape index (κ2) is 6.98. The van der Waals surface area contributed by atoms with Gasteiger partial charge in [-0.1, -0.05) is 0 Å². The lowest BCUT2D eigenvalue weighted by Gasteiger charge is -2.28. The van der Waals surface area contributed by atoms with Gasteiger partial charge in [0.25, 0.3) is 0 Å². The van der Waals surface area contributed by atoms with E-state index in [4.69, 9.17) is 5.73 Å². The molecule has 1 saturated heterocycles. The molecule has 2 nitrogen and oxygen atoms in total.